The lowest BCUT2D eigenvalue weighted by molar-refractivity contribution is 0.626. The summed E-state index contributed by atoms with van der Waals surface area (Å²) in [6.07, 6.45) is 2.25. The molecule has 0 aliphatic heterocycles. The van der Waals surface area contributed by atoms with Gasteiger partial charge in [-0.15, -0.1) is 0 Å². The first-order valence-corrected chi connectivity index (χ1v) is 9.59. The van der Waals surface area contributed by atoms with Gasteiger partial charge in [-0.3, -0.25) is 9.78 Å². The zero-order chi connectivity index (χ0) is 21.3. The van der Waals surface area contributed by atoms with E-state index in [0.717, 1.165) is 22.1 Å². The smallest absolute Gasteiger partial charge is 0.334 e. The number of fused-ring (bicyclic) bond motifs is 1. The zero-order valence-electron chi connectivity index (χ0n) is 16.5. The lowest BCUT2D eigenvalue weighted by Gasteiger charge is -2.14. The number of anilines is 1. The van der Waals surface area contributed by atoms with Gasteiger partial charge < -0.3 is 5.32 Å². The number of nitrogens with one attached hydrogen (secondary N) is 2. The summed E-state index contributed by atoms with van der Waals surface area (Å²) in [6, 6.07) is 13.1. The van der Waals surface area contributed by atoms with E-state index >= 15 is 0 Å². The first kappa shape index (κ1) is 19.5. The molecule has 2 heterocycles. The van der Waals surface area contributed by atoms with Gasteiger partial charge in [0.1, 0.15) is 11.2 Å². The molecule has 0 saturated heterocycles. The van der Waals surface area contributed by atoms with Gasteiger partial charge >= 0.3 is 5.69 Å². The van der Waals surface area contributed by atoms with Gasteiger partial charge in [-0.2, -0.15) is 4.98 Å². The molecule has 2 aromatic carbocycles. The Kier molecular flexibility index (Phi) is 5.14. The Labute approximate surface area is 171 Å². The molecule has 30 heavy (non-hydrogen) atoms. The number of halogens is 1. The fourth-order valence-corrected chi connectivity index (χ4v) is 3.22. The lowest BCUT2D eigenvalue weighted by atomic mass is 10.1. The van der Waals surface area contributed by atoms with Gasteiger partial charge in [0, 0.05) is 6.20 Å². The van der Waals surface area contributed by atoms with Crippen LogP contribution in [0.15, 0.2) is 64.3 Å². The van der Waals surface area contributed by atoms with Crippen LogP contribution in [0.2, 0.25) is 0 Å². The van der Waals surface area contributed by atoms with E-state index in [1.165, 1.54) is 18.3 Å². The van der Waals surface area contributed by atoms with Crippen LogP contribution in [0.1, 0.15) is 31.0 Å². The van der Waals surface area contributed by atoms with Gasteiger partial charge in [0.25, 0.3) is 5.56 Å². The van der Waals surface area contributed by atoms with Gasteiger partial charge in [-0.25, -0.2) is 18.7 Å². The van der Waals surface area contributed by atoms with Gasteiger partial charge in [0.05, 0.1) is 11.7 Å². The molecular formula is C22H20FN5O2. The van der Waals surface area contributed by atoms with Crippen LogP contribution in [0, 0.1) is 5.82 Å². The monoisotopic (exact) mass is 405 g/mol. The first-order chi connectivity index (χ1) is 14.5. The summed E-state index contributed by atoms with van der Waals surface area (Å²) >= 11 is 0. The summed E-state index contributed by atoms with van der Waals surface area (Å²) in [5.74, 6) is -0.0643. The lowest BCUT2D eigenvalue weighted by Crippen LogP contribution is -2.34. The quantitative estimate of drug-likeness (QED) is 0.531. The van der Waals surface area contributed by atoms with Gasteiger partial charge in [-0.05, 0) is 48.7 Å². The number of aromatic amines is 1. The molecule has 0 bridgehead atoms. The summed E-state index contributed by atoms with van der Waals surface area (Å²) < 4.78 is 14.2. The molecule has 0 saturated carbocycles. The van der Waals surface area contributed by atoms with E-state index in [-0.39, 0.29) is 28.8 Å². The fourth-order valence-electron chi connectivity index (χ4n) is 3.22. The molecule has 0 radical (unpaired) electrons. The molecule has 1 atom stereocenters. The number of benzene rings is 2. The highest BCUT2D eigenvalue weighted by atomic mass is 19.1. The maximum absolute atomic E-state index is 13.1. The molecule has 0 aliphatic rings. The third-order valence-electron chi connectivity index (χ3n) is 4.97. The Bertz CT molecular complexity index is 1310. The summed E-state index contributed by atoms with van der Waals surface area (Å²) in [4.78, 5) is 36.6. The van der Waals surface area contributed by atoms with Crippen molar-refractivity contribution in [1.82, 2.24) is 19.5 Å². The van der Waals surface area contributed by atoms with E-state index in [2.05, 4.69) is 20.3 Å². The van der Waals surface area contributed by atoms with E-state index in [4.69, 9.17) is 0 Å². The summed E-state index contributed by atoms with van der Waals surface area (Å²) in [5, 5.41) is 3.30. The second-order valence-corrected chi connectivity index (χ2v) is 6.96. The molecule has 8 heteroatoms. The van der Waals surface area contributed by atoms with Gasteiger partial charge in [0.15, 0.2) is 5.65 Å². The minimum absolute atomic E-state index is 0.148. The van der Waals surface area contributed by atoms with Crippen LogP contribution in [-0.4, -0.2) is 19.5 Å². The first-order valence-electron chi connectivity index (χ1n) is 9.59. The molecule has 4 aromatic rings. The number of aryl methyl sites for hydroxylation is 1. The molecule has 152 valence electrons. The van der Waals surface area contributed by atoms with Crippen LogP contribution in [0.25, 0.3) is 16.7 Å². The largest absolute Gasteiger partial charge is 0.348 e. The average Bonchev–Trinajstić information content (AvgIpc) is 2.74. The molecular weight excluding hydrogens is 385 g/mol. The molecule has 7 nitrogen and oxygen atoms in total. The van der Waals surface area contributed by atoms with Crippen molar-refractivity contribution in [2.75, 3.05) is 5.32 Å². The highest BCUT2D eigenvalue weighted by Crippen LogP contribution is 2.18. The number of nitrogens with zero attached hydrogens (tertiary/aromatic N) is 3. The molecule has 2 aromatic heterocycles. The minimum atomic E-state index is -0.576. The Balaban J connectivity index is 1.69. The van der Waals surface area contributed by atoms with Gasteiger partial charge in [0.2, 0.25) is 5.95 Å². The number of aromatic nitrogens is 4. The van der Waals surface area contributed by atoms with Crippen molar-refractivity contribution in [2.24, 2.45) is 0 Å². The van der Waals surface area contributed by atoms with Crippen LogP contribution < -0.4 is 16.6 Å². The van der Waals surface area contributed by atoms with Crippen molar-refractivity contribution in [3.63, 3.8) is 0 Å². The number of rotatable bonds is 5. The van der Waals surface area contributed by atoms with E-state index in [1.54, 1.807) is 24.3 Å². The Morgan fingerprint density at radius 1 is 1.10 bits per heavy atom. The van der Waals surface area contributed by atoms with Crippen molar-refractivity contribution < 1.29 is 4.39 Å². The summed E-state index contributed by atoms with van der Waals surface area (Å²) in [6.45, 7) is 3.91. The number of H-pyrrole nitrogens is 1. The van der Waals surface area contributed by atoms with Crippen molar-refractivity contribution in [3.8, 4) is 5.69 Å². The van der Waals surface area contributed by atoms with E-state index in [1.807, 2.05) is 26.0 Å². The maximum Gasteiger partial charge on any atom is 0.334 e. The van der Waals surface area contributed by atoms with E-state index in [9.17, 15) is 14.0 Å². The standard InChI is InChI=1S/C22H20FN5O2/c1-3-14-4-10-17(11-5-14)28-20(29)18-12-24-21(26-19(18)27-22(28)30)25-13(2)15-6-8-16(23)9-7-15/h4-13H,3H2,1-2H3,(H2,24,25,26,27,30)/t13-/m1/s1. The van der Waals surface area contributed by atoms with Crippen molar-refractivity contribution in [3.05, 3.63) is 92.5 Å². The predicted octanol–water partition coefficient (Wildman–Crippen LogP) is 3.34. The normalized spacial score (nSPS) is 12.1. The fraction of sp³-hybridized carbons (Fsp3) is 0.182. The van der Waals surface area contributed by atoms with Crippen LogP contribution in [0.3, 0.4) is 0 Å². The van der Waals surface area contributed by atoms with Crippen molar-refractivity contribution in [2.45, 2.75) is 26.3 Å². The molecule has 0 amide bonds. The molecule has 0 spiro atoms. The third kappa shape index (κ3) is 3.71. The molecule has 0 fully saturated rings. The predicted molar refractivity (Wildman–Crippen MR) is 114 cm³/mol. The Hall–Kier alpha value is -3.81. The number of hydrogen-bond acceptors (Lipinski definition) is 5. The van der Waals surface area contributed by atoms with E-state index < -0.39 is 11.2 Å². The van der Waals surface area contributed by atoms with Crippen molar-refractivity contribution >= 4 is 17.0 Å². The Morgan fingerprint density at radius 3 is 2.47 bits per heavy atom. The molecule has 0 unspecified atom stereocenters. The van der Waals surface area contributed by atoms with Crippen LogP contribution in [-0.2, 0) is 6.42 Å². The molecule has 2 N–H and O–H groups in total. The maximum atomic E-state index is 13.1. The molecule has 4 rings (SSSR count). The van der Waals surface area contributed by atoms with Crippen molar-refractivity contribution in [1.29, 1.82) is 0 Å². The minimum Gasteiger partial charge on any atom is -0.348 e. The second kappa shape index (κ2) is 7.90. The zero-order valence-corrected chi connectivity index (χ0v) is 16.5. The van der Waals surface area contributed by atoms with Crippen LogP contribution in [0.5, 0.6) is 0 Å². The van der Waals surface area contributed by atoms with Crippen LogP contribution in [0.4, 0.5) is 10.3 Å². The van der Waals surface area contributed by atoms with Gasteiger partial charge in [-0.1, -0.05) is 31.2 Å². The third-order valence-corrected chi connectivity index (χ3v) is 4.97. The highest BCUT2D eigenvalue weighted by Gasteiger charge is 2.13. The second-order valence-electron chi connectivity index (χ2n) is 6.96. The SMILES string of the molecule is CCc1ccc(-n2c(=O)[nH]c3nc(N[C@H](C)c4ccc(F)cc4)ncc3c2=O)cc1. The van der Waals surface area contributed by atoms with Crippen LogP contribution >= 0.6 is 0 Å². The highest BCUT2D eigenvalue weighted by molar-refractivity contribution is 5.73. The summed E-state index contributed by atoms with van der Waals surface area (Å²) in [7, 11) is 0. The number of hydrogen-bond donors (Lipinski definition) is 2. The summed E-state index contributed by atoms with van der Waals surface area (Å²) in [5.41, 5.74) is 1.52. The Morgan fingerprint density at radius 2 is 1.80 bits per heavy atom. The molecule has 0 aliphatic carbocycles. The topological polar surface area (TPSA) is 92.7 Å². The average molecular weight is 405 g/mol. The van der Waals surface area contributed by atoms with E-state index in [0.29, 0.717) is 5.69 Å².